The third-order valence-corrected chi connectivity index (χ3v) is 6.14. The van der Waals surface area contributed by atoms with Crippen LogP contribution in [0.2, 0.25) is 0 Å². The number of nitriles is 1. The first-order valence-corrected chi connectivity index (χ1v) is 9.91. The quantitative estimate of drug-likeness (QED) is 0.781. The van der Waals surface area contributed by atoms with Crippen molar-refractivity contribution in [3.8, 4) is 6.07 Å². The molecule has 1 amide bonds. The lowest BCUT2D eigenvalue weighted by Crippen LogP contribution is -3.11. The van der Waals surface area contributed by atoms with Crippen LogP contribution < -0.4 is 10.2 Å². The van der Waals surface area contributed by atoms with Crippen LogP contribution in [0.1, 0.15) is 23.8 Å². The molecule has 1 saturated heterocycles. The molecule has 2 N–H and O–H groups in total. The number of hydrogen-bond acceptors (Lipinski definition) is 4. The first-order chi connectivity index (χ1) is 11.8. The third-order valence-electron chi connectivity index (χ3n) is 4.21. The molecule has 3 rings (SSSR count). The molecule has 4 nitrogen and oxygen atoms in total. The van der Waals surface area contributed by atoms with Crippen LogP contribution in [0.5, 0.6) is 0 Å². The summed E-state index contributed by atoms with van der Waals surface area (Å²) in [5.41, 5.74) is 0.800. The normalized spacial score (nSPS) is 19.8. The number of quaternary nitrogens is 1. The molecule has 124 valence electrons. The van der Waals surface area contributed by atoms with Gasteiger partial charge in [0.25, 0.3) is 5.91 Å². The fourth-order valence-corrected chi connectivity index (χ4v) is 4.75. The van der Waals surface area contributed by atoms with Crippen LogP contribution in [-0.2, 0) is 4.79 Å². The predicted octanol–water partition coefficient (Wildman–Crippen LogP) is 2.72. The summed E-state index contributed by atoms with van der Waals surface area (Å²) in [6, 6.07) is 14.5. The van der Waals surface area contributed by atoms with Crippen molar-refractivity contribution in [2.75, 3.05) is 24.2 Å². The first kappa shape index (κ1) is 17.0. The Labute approximate surface area is 150 Å². The van der Waals surface area contributed by atoms with Gasteiger partial charge in [0.1, 0.15) is 6.04 Å². The van der Waals surface area contributed by atoms with Gasteiger partial charge in [-0.1, -0.05) is 18.2 Å². The highest BCUT2D eigenvalue weighted by molar-refractivity contribution is 7.99. The molecule has 2 atom stereocenters. The number of benzene rings is 1. The molecule has 1 aliphatic rings. The summed E-state index contributed by atoms with van der Waals surface area (Å²) in [7, 11) is 0. The van der Waals surface area contributed by atoms with Gasteiger partial charge in [-0.25, -0.2) is 0 Å². The van der Waals surface area contributed by atoms with Crippen LogP contribution in [0, 0.1) is 11.3 Å². The van der Waals surface area contributed by atoms with E-state index in [4.69, 9.17) is 5.26 Å². The van der Waals surface area contributed by atoms with Crippen LogP contribution in [0.15, 0.2) is 46.7 Å². The number of thioether (sulfide) groups is 1. The summed E-state index contributed by atoms with van der Waals surface area (Å²) in [5, 5.41) is 13.9. The van der Waals surface area contributed by atoms with E-state index in [-0.39, 0.29) is 5.91 Å². The van der Waals surface area contributed by atoms with E-state index in [1.807, 2.05) is 24.3 Å². The first-order valence-electron chi connectivity index (χ1n) is 8.04. The Hall–Kier alpha value is -1.81. The van der Waals surface area contributed by atoms with Gasteiger partial charge in [0.2, 0.25) is 0 Å². The fourth-order valence-electron chi connectivity index (χ4n) is 3.16. The van der Waals surface area contributed by atoms with E-state index in [0.717, 1.165) is 23.5 Å². The lowest BCUT2D eigenvalue weighted by Gasteiger charge is -2.20. The summed E-state index contributed by atoms with van der Waals surface area (Å²) >= 11 is 3.23. The smallest absolute Gasteiger partial charge is 0.279 e. The molecule has 1 fully saturated rings. The fraction of sp³-hybridized carbons (Fsp3) is 0.333. The molecule has 0 spiro atoms. The monoisotopic (exact) mass is 358 g/mol. The average Bonchev–Trinajstić information content (AvgIpc) is 3.25. The minimum absolute atomic E-state index is 0.0402. The largest absolute Gasteiger partial charge is 0.320 e. The van der Waals surface area contributed by atoms with Crippen LogP contribution in [-0.4, -0.2) is 24.7 Å². The van der Waals surface area contributed by atoms with Gasteiger partial charge in [-0.05, 0) is 23.6 Å². The zero-order chi connectivity index (χ0) is 16.8. The van der Waals surface area contributed by atoms with Crippen LogP contribution in [0.4, 0.5) is 5.69 Å². The Morgan fingerprint density at radius 2 is 2.25 bits per heavy atom. The lowest BCUT2D eigenvalue weighted by atomic mass is 10.2. The number of thiophene rings is 1. The molecule has 2 aromatic rings. The van der Waals surface area contributed by atoms with Crippen LogP contribution in [0.3, 0.4) is 0 Å². The van der Waals surface area contributed by atoms with Crippen molar-refractivity contribution in [2.45, 2.75) is 23.8 Å². The standard InChI is InChI=1S/C18H19N3OS2/c19-9-12-24-16-7-2-1-5-14(16)20-18(22)13-21-10-3-6-15(21)17-8-4-11-23-17/h1-2,4-5,7-8,11,15H,3,6,10,12-13H2,(H,20,22)/p+1/t15-/m1/s1. The Morgan fingerprint density at radius 1 is 1.38 bits per heavy atom. The highest BCUT2D eigenvalue weighted by Gasteiger charge is 2.32. The molecular weight excluding hydrogens is 338 g/mol. The number of para-hydroxylation sites is 1. The van der Waals surface area contributed by atoms with E-state index in [9.17, 15) is 4.79 Å². The summed E-state index contributed by atoms with van der Waals surface area (Å²) in [5.74, 6) is 0.420. The average molecular weight is 359 g/mol. The molecular formula is C18H20N3OS2+. The maximum absolute atomic E-state index is 12.5. The van der Waals surface area contributed by atoms with Gasteiger partial charge in [0, 0.05) is 17.7 Å². The molecule has 0 radical (unpaired) electrons. The molecule has 0 aliphatic carbocycles. The van der Waals surface area contributed by atoms with Crippen molar-refractivity contribution in [1.82, 2.24) is 0 Å². The number of nitrogens with one attached hydrogen (secondary N) is 2. The van der Waals surface area contributed by atoms with E-state index < -0.39 is 0 Å². The number of amides is 1. The number of rotatable bonds is 6. The highest BCUT2D eigenvalue weighted by atomic mass is 32.2. The van der Waals surface area contributed by atoms with Gasteiger partial charge in [-0.3, -0.25) is 4.79 Å². The third kappa shape index (κ3) is 4.18. The second-order valence-electron chi connectivity index (χ2n) is 5.79. The number of carbonyl (C=O) groups is 1. The Kier molecular flexibility index (Phi) is 5.91. The number of anilines is 1. The molecule has 0 saturated carbocycles. The van der Waals surface area contributed by atoms with E-state index in [0.29, 0.717) is 18.3 Å². The van der Waals surface area contributed by atoms with Gasteiger partial charge in [0.05, 0.1) is 28.9 Å². The lowest BCUT2D eigenvalue weighted by molar-refractivity contribution is -0.910. The van der Waals surface area contributed by atoms with Crippen molar-refractivity contribution >= 4 is 34.7 Å². The SMILES string of the molecule is N#CCSc1ccccc1NC(=O)C[NH+]1CCC[C@@H]1c1cccs1. The molecule has 0 bridgehead atoms. The second kappa shape index (κ2) is 8.34. The molecule has 1 aromatic heterocycles. The molecule has 24 heavy (non-hydrogen) atoms. The van der Waals surface area contributed by atoms with E-state index in [2.05, 4.69) is 28.9 Å². The molecule has 1 unspecified atom stereocenters. The van der Waals surface area contributed by atoms with E-state index in [1.165, 1.54) is 28.0 Å². The van der Waals surface area contributed by atoms with Crippen LogP contribution in [0.25, 0.3) is 0 Å². The minimum Gasteiger partial charge on any atom is -0.320 e. The number of nitrogens with zero attached hydrogens (tertiary/aromatic N) is 1. The zero-order valence-electron chi connectivity index (χ0n) is 13.3. The minimum atomic E-state index is 0.0402. The van der Waals surface area contributed by atoms with E-state index in [1.54, 1.807) is 11.3 Å². The molecule has 1 aliphatic heterocycles. The molecule has 1 aromatic carbocycles. The van der Waals surface area contributed by atoms with Crippen molar-refractivity contribution in [3.05, 3.63) is 46.7 Å². The maximum atomic E-state index is 12.5. The summed E-state index contributed by atoms with van der Waals surface area (Å²) in [4.78, 5) is 16.2. The van der Waals surface area contributed by atoms with Gasteiger partial charge >= 0.3 is 0 Å². The van der Waals surface area contributed by atoms with E-state index >= 15 is 0 Å². The van der Waals surface area contributed by atoms with Crippen molar-refractivity contribution in [2.24, 2.45) is 0 Å². The van der Waals surface area contributed by atoms with Gasteiger partial charge in [-0.2, -0.15) is 5.26 Å². The number of hydrogen-bond donors (Lipinski definition) is 2. The van der Waals surface area contributed by atoms with Crippen molar-refractivity contribution < 1.29 is 9.69 Å². The Balaban J connectivity index is 1.63. The molecule has 6 heteroatoms. The van der Waals surface area contributed by atoms with Gasteiger partial charge in [-0.15, -0.1) is 23.1 Å². The second-order valence-corrected chi connectivity index (χ2v) is 7.78. The van der Waals surface area contributed by atoms with Crippen LogP contribution >= 0.6 is 23.1 Å². The van der Waals surface area contributed by atoms with Crippen molar-refractivity contribution in [1.29, 1.82) is 5.26 Å². The topological polar surface area (TPSA) is 57.3 Å². The predicted molar refractivity (Wildman–Crippen MR) is 98.4 cm³/mol. The van der Waals surface area contributed by atoms with Crippen molar-refractivity contribution in [3.63, 3.8) is 0 Å². The summed E-state index contributed by atoms with van der Waals surface area (Å²) < 4.78 is 0. The van der Waals surface area contributed by atoms with Gasteiger partial charge in [0.15, 0.2) is 6.54 Å². The number of likely N-dealkylation sites (tertiary alicyclic amines) is 1. The zero-order valence-corrected chi connectivity index (χ0v) is 15.0. The maximum Gasteiger partial charge on any atom is 0.279 e. The number of carbonyl (C=O) groups excluding carboxylic acids is 1. The van der Waals surface area contributed by atoms with Gasteiger partial charge < -0.3 is 10.2 Å². The summed E-state index contributed by atoms with van der Waals surface area (Å²) in [6.07, 6.45) is 2.32. The Bertz CT molecular complexity index is 724. The molecule has 2 heterocycles. The Morgan fingerprint density at radius 3 is 3.04 bits per heavy atom. The summed E-state index contributed by atoms with van der Waals surface area (Å²) in [6.45, 7) is 1.53. The highest BCUT2D eigenvalue weighted by Crippen LogP contribution is 2.26.